The number of aromatic nitrogens is 2. The van der Waals surface area contributed by atoms with Gasteiger partial charge in [-0.1, -0.05) is 36.4 Å². The monoisotopic (exact) mass is 428 g/mol. The van der Waals surface area contributed by atoms with E-state index in [2.05, 4.69) is 30.1 Å². The van der Waals surface area contributed by atoms with Gasteiger partial charge in [0.2, 0.25) is 0 Å². The molecule has 0 atom stereocenters. The van der Waals surface area contributed by atoms with Gasteiger partial charge in [0.15, 0.2) is 0 Å². The van der Waals surface area contributed by atoms with Crippen molar-refractivity contribution in [1.29, 1.82) is 5.26 Å². The van der Waals surface area contributed by atoms with Gasteiger partial charge in [0.1, 0.15) is 0 Å². The molecule has 0 aliphatic carbocycles. The van der Waals surface area contributed by atoms with Crippen LogP contribution in [0.15, 0.2) is 61.2 Å². The van der Waals surface area contributed by atoms with Gasteiger partial charge in [-0.25, -0.2) is 4.98 Å². The average Bonchev–Trinajstić information content (AvgIpc) is 3.33. The number of aliphatic hydroxyl groups is 1. The molecule has 1 fully saturated rings. The Kier molecular flexibility index (Phi) is 6.38. The third-order valence-electron chi connectivity index (χ3n) is 6.67. The van der Waals surface area contributed by atoms with Crippen LogP contribution in [0.5, 0.6) is 0 Å². The third kappa shape index (κ3) is 4.44. The number of amides is 1. The average molecular weight is 429 g/mol. The topological polar surface area (TPSA) is 82.1 Å². The van der Waals surface area contributed by atoms with Crippen LogP contribution in [0.4, 0.5) is 0 Å². The summed E-state index contributed by atoms with van der Waals surface area (Å²) in [5.41, 5.74) is 3.93. The fraction of sp³-hybridized carbons (Fsp3) is 0.346. The maximum absolute atomic E-state index is 13.5. The third-order valence-corrected chi connectivity index (χ3v) is 6.67. The molecule has 0 unspecified atom stereocenters. The van der Waals surface area contributed by atoms with E-state index in [0.717, 1.165) is 24.8 Å². The Balaban J connectivity index is 1.53. The highest BCUT2D eigenvalue weighted by molar-refractivity contribution is 5.98. The highest BCUT2D eigenvalue weighted by atomic mass is 16.3. The Morgan fingerprint density at radius 1 is 1.16 bits per heavy atom. The molecule has 32 heavy (non-hydrogen) atoms. The fourth-order valence-electron chi connectivity index (χ4n) is 4.60. The fourth-order valence-corrected chi connectivity index (χ4v) is 4.60. The van der Waals surface area contributed by atoms with Crippen LogP contribution in [0.2, 0.25) is 0 Å². The zero-order valence-electron chi connectivity index (χ0n) is 18.4. The van der Waals surface area contributed by atoms with Crippen molar-refractivity contribution in [3.63, 3.8) is 0 Å². The highest BCUT2D eigenvalue weighted by Gasteiger charge is 2.36. The van der Waals surface area contributed by atoms with Crippen molar-refractivity contribution < 1.29 is 9.90 Å². The number of hydrogen-bond acceptors (Lipinski definition) is 4. The lowest BCUT2D eigenvalue weighted by Crippen LogP contribution is -2.46. The first-order valence-corrected chi connectivity index (χ1v) is 11.0. The minimum Gasteiger partial charge on any atom is -0.396 e. The quantitative estimate of drug-likeness (QED) is 0.651. The lowest BCUT2D eigenvalue weighted by Gasteiger charge is -2.41. The molecule has 164 valence electrons. The van der Waals surface area contributed by atoms with Crippen molar-refractivity contribution in [1.82, 2.24) is 14.5 Å². The maximum Gasteiger partial charge on any atom is 0.255 e. The number of aryl methyl sites for hydroxylation is 1. The van der Waals surface area contributed by atoms with E-state index in [-0.39, 0.29) is 17.9 Å². The van der Waals surface area contributed by atoms with E-state index in [1.807, 2.05) is 39.9 Å². The van der Waals surface area contributed by atoms with Crippen molar-refractivity contribution in [2.75, 3.05) is 19.7 Å². The Bertz CT molecular complexity index is 1120. The molecule has 1 saturated heterocycles. The van der Waals surface area contributed by atoms with Gasteiger partial charge in [-0.15, -0.1) is 0 Å². The number of nitriles is 1. The number of carbonyl (C=O) groups is 1. The van der Waals surface area contributed by atoms with Crippen molar-refractivity contribution in [2.24, 2.45) is 5.41 Å². The Labute approximate surface area is 188 Å². The minimum absolute atomic E-state index is 0.101. The van der Waals surface area contributed by atoms with Gasteiger partial charge >= 0.3 is 0 Å². The second kappa shape index (κ2) is 9.37. The Morgan fingerprint density at radius 2 is 1.91 bits per heavy atom. The maximum atomic E-state index is 13.5. The molecule has 1 aliphatic rings. The van der Waals surface area contributed by atoms with Gasteiger partial charge in [-0.2, -0.15) is 5.26 Å². The number of piperidine rings is 1. The zero-order valence-corrected chi connectivity index (χ0v) is 18.4. The molecular formula is C26H28N4O2. The number of hydrogen-bond donors (Lipinski definition) is 1. The smallest absolute Gasteiger partial charge is 0.255 e. The molecule has 1 amide bonds. The molecule has 3 aromatic rings. The second-order valence-electron chi connectivity index (χ2n) is 8.74. The number of carbonyl (C=O) groups excluding carboxylic acids is 1. The molecule has 0 spiro atoms. The summed E-state index contributed by atoms with van der Waals surface area (Å²) in [7, 11) is 0. The molecule has 6 heteroatoms. The lowest BCUT2D eigenvalue weighted by molar-refractivity contribution is 0.0356. The zero-order chi connectivity index (χ0) is 22.6. The SMILES string of the molecule is Cc1ccccc1CC1(CO)CCN(C(=O)c2c(C#N)cccc2Cn2ccnc2)CC1. The molecule has 0 saturated carbocycles. The molecule has 4 rings (SSSR count). The molecular weight excluding hydrogens is 400 g/mol. The highest BCUT2D eigenvalue weighted by Crippen LogP contribution is 2.36. The predicted octanol–water partition coefficient (Wildman–Crippen LogP) is 3.57. The van der Waals surface area contributed by atoms with Crippen LogP contribution >= 0.6 is 0 Å². The summed E-state index contributed by atoms with van der Waals surface area (Å²) in [4.78, 5) is 19.4. The van der Waals surface area contributed by atoms with E-state index in [9.17, 15) is 15.2 Å². The number of nitrogens with zero attached hydrogens (tertiary/aromatic N) is 4. The van der Waals surface area contributed by atoms with Crippen LogP contribution in [0.1, 0.15) is 45.5 Å². The first-order chi connectivity index (χ1) is 15.5. The normalized spacial score (nSPS) is 15.3. The second-order valence-corrected chi connectivity index (χ2v) is 8.74. The standard InChI is InChI=1S/C26H28N4O2/c1-20-5-2-3-6-21(20)15-26(18-31)9-12-30(13-10-26)25(32)24-22(16-27)7-4-8-23(24)17-29-14-11-28-19-29/h2-8,11,14,19,31H,9-10,12-13,15,17-18H2,1H3. The van der Waals surface area contributed by atoms with E-state index in [1.165, 1.54) is 11.1 Å². The minimum atomic E-state index is -0.225. The van der Waals surface area contributed by atoms with Crippen LogP contribution < -0.4 is 0 Å². The van der Waals surface area contributed by atoms with Crippen LogP contribution in [0, 0.1) is 23.7 Å². The summed E-state index contributed by atoms with van der Waals surface area (Å²) in [6, 6.07) is 15.9. The molecule has 1 aliphatic heterocycles. The molecule has 2 aromatic carbocycles. The van der Waals surface area contributed by atoms with Gasteiger partial charge in [-0.3, -0.25) is 4.79 Å². The lowest BCUT2D eigenvalue weighted by atomic mass is 9.73. The first-order valence-electron chi connectivity index (χ1n) is 11.0. The van der Waals surface area contributed by atoms with E-state index < -0.39 is 0 Å². The predicted molar refractivity (Wildman–Crippen MR) is 122 cm³/mol. The van der Waals surface area contributed by atoms with Gasteiger partial charge in [0, 0.05) is 44.0 Å². The summed E-state index contributed by atoms with van der Waals surface area (Å²) in [5, 5.41) is 19.9. The number of benzene rings is 2. The number of likely N-dealkylation sites (tertiary alicyclic amines) is 1. The summed E-state index contributed by atoms with van der Waals surface area (Å²) in [6.45, 7) is 3.81. The summed E-state index contributed by atoms with van der Waals surface area (Å²) >= 11 is 0. The summed E-state index contributed by atoms with van der Waals surface area (Å²) in [6.07, 6.45) is 7.51. The number of imidazole rings is 1. The van der Waals surface area contributed by atoms with Gasteiger partial charge < -0.3 is 14.6 Å². The van der Waals surface area contributed by atoms with Crippen molar-refractivity contribution in [3.05, 3.63) is 89.0 Å². The molecule has 0 radical (unpaired) electrons. The molecule has 2 heterocycles. The van der Waals surface area contributed by atoms with E-state index in [0.29, 0.717) is 30.8 Å². The van der Waals surface area contributed by atoms with Gasteiger partial charge in [0.25, 0.3) is 5.91 Å². The largest absolute Gasteiger partial charge is 0.396 e. The molecule has 1 aromatic heterocycles. The van der Waals surface area contributed by atoms with E-state index in [4.69, 9.17) is 0 Å². The molecule has 6 nitrogen and oxygen atoms in total. The van der Waals surface area contributed by atoms with Crippen molar-refractivity contribution >= 4 is 5.91 Å². The molecule has 1 N–H and O–H groups in total. The van der Waals surface area contributed by atoms with Crippen molar-refractivity contribution in [2.45, 2.75) is 32.7 Å². The van der Waals surface area contributed by atoms with Crippen LogP contribution in [-0.2, 0) is 13.0 Å². The first kappa shape index (κ1) is 21.8. The molecule has 0 bridgehead atoms. The van der Waals surface area contributed by atoms with Crippen molar-refractivity contribution in [3.8, 4) is 6.07 Å². The number of aliphatic hydroxyl groups excluding tert-OH is 1. The van der Waals surface area contributed by atoms with Gasteiger partial charge in [0.05, 0.1) is 23.5 Å². The van der Waals surface area contributed by atoms with E-state index >= 15 is 0 Å². The van der Waals surface area contributed by atoms with Gasteiger partial charge in [-0.05, 0) is 48.9 Å². The van der Waals surface area contributed by atoms with Crippen LogP contribution in [0.25, 0.3) is 0 Å². The van der Waals surface area contributed by atoms with Crippen LogP contribution in [-0.4, -0.2) is 45.2 Å². The summed E-state index contributed by atoms with van der Waals surface area (Å²) in [5.74, 6) is -0.111. The Morgan fingerprint density at radius 3 is 2.56 bits per heavy atom. The summed E-state index contributed by atoms with van der Waals surface area (Å²) < 4.78 is 1.89. The van der Waals surface area contributed by atoms with E-state index in [1.54, 1.807) is 18.6 Å². The number of rotatable bonds is 6. The van der Waals surface area contributed by atoms with Crippen LogP contribution in [0.3, 0.4) is 0 Å². The Hall–Kier alpha value is -3.43.